The van der Waals surface area contributed by atoms with Gasteiger partial charge < -0.3 is 0 Å². The fourth-order valence-corrected chi connectivity index (χ4v) is 1.62. The summed E-state index contributed by atoms with van der Waals surface area (Å²) in [5.74, 6) is 5.50. The van der Waals surface area contributed by atoms with Crippen LogP contribution in [0.15, 0.2) is 0 Å². The molecule has 0 spiro atoms. The van der Waals surface area contributed by atoms with Gasteiger partial charge in [-0.05, 0) is 12.3 Å². The highest BCUT2D eigenvalue weighted by Gasteiger charge is 2.33. The van der Waals surface area contributed by atoms with Gasteiger partial charge in [0.25, 0.3) is 0 Å². The summed E-state index contributed by atoms with van der Waals surface area (Å²) in [7, 11) is 0. The standard InChI is InChI=1S/C8H15F3N2/c9-8(10,11)5-7(13-12)4-6-2-1-3-6/h6-7,13H,1-5,12H2. The molecule has 0 saturated heterocycles. The molecular weight excluding hydrogens is 181 g/mol. The molecule has 1 unspecified atom stereocenters. The molecule has 3 N–H and O–H groups in total. The van der Waals surface area contributed by atoms with Crippen molar-refractivity contribution in [3.63, 3.8) is 0 Å². The van der Waals surface area contributed by atoms with E-state index in [9.17, 15) is 13.2 Å². The van der Waals surface area contributed by atoms with E-state index in [0.717, 1.165) is 19.3 Å². The third-order valence-electron chi connectivity index (χ3n) is 2.56. The van der Waals surface area contributed by atoms with Crippen molar-refractivity contribution in [1.29, 1.82) is 0 Å². The lowest BCUT2D eigenvalue weighted by Crippen LogP contribution is -2.40. The number of hydrazine groups is 1. The molecule has 1 atom stereocenters. The maximum absolute atomic E-state index is 12.0. The Balaban J connectivity index is 2.25. The van der Waals surface area contributed by atoms with Crippen LogP contribution in [0, 0.1) is 5.92 Å². The zero-order valence-electron chi connectivity index (χ0n) is 7.40. The largest absolute Gasteiger partial charge is 0.390 e. The average molecular weight is 196 g/mol. The summed E-state index contributed by atoms with van der Waals surface area (Å²) < 4.78 is 35.9. The van der Waals surface area contributed by atoms with Crippen LogP contribution in [-0.4, -0.2) is 12.2 Å². The molecule has 0 heterocycles. The molecule has 13 heavy (non-hydrogen) atoms. The second-order valence-corrected chi connectivity index (χ2v) is 3.72. The van der Waals surface area contributed by atoms with Crippen LogP contribution in [-0.2, 0) is 0 Å². The number of hydrogen-bond acceptors (Lipinski definition) is 2. The number of rotatable bonds is 4. The van der Waals surface area contributed by atoms with Crippen LogP contribution in [0.4, 0.5) is 13.2 Å². The Labute approximate surface area is 75.6 Å². The smallest absolute Gasteiger partial charge is 0.271 e. The van der Waals surface area contributed by atoms with Gasteiger partial charge in [0.1, 0.15) is 0 Å². The lowest BCUT2D eigenvalue weighted by Gasteiger charge is -2.29. The van der Waals surface area contributed by atoms with Crippen molar-refractivity contribution in [1.82, 2.24) is 5.43 Å². The van der Waals surface area contributed by atoms with E-state index in [4.69, 9.17) is 5.84 Å². The monoisotopic (exact) mass is 196 g/mol. The molecule has 0 aromatic heterocycles. The molecule has 1 aliphatic rings. The first-order chi connectivity index (χ1) is 6.01. The molecule has 0 aromatic carbocycles. The maximum atomic E-state index is 12.0. The molecule has 1 fully saturated rings. The minimum atomic E-state index is -4.11. The van der Waals surface area contributed by atoms with Gasteiger partial charge >= 0.3 is 6.18 Å². The Morgan fingerprint density at radius 2 is 2.00 bits per heavy atom. The Morgan fingerprint density at radius 3 is 2.31 bits per heavy atom. The van der Waals surface area contributed by atoms with Crippen molar-refractivity contribution in [2.24, 2.45) is 11.8 Å². The number of halogens is 3. The minimum Gasteiger partial charge on any atom is -0.271 e. The number of hydrogen-bond donors (Lipinski definition) is 2. The minimum absolute atomic E-state index is 0.448. The molecule has 2 nitrogen and oxygen atoms in total. The second kappa shape index (κ2) is 4.28. The van der Waals surface area contributed by atoms with Gasteiger partial charge in [-0.1, -0.05) is 19.3 Å². The van der Waals surface area contributed by atoms with E-state index in [1.807, 2.05) is 0 Å². The van der Waals surface area contributed by atoms with Gasteiger partial charge in [-0.25, -0.2) is 0 Å². The third-order valence-corrected chi connectivity index (χ3v) is 2.56. The van der Waals surface area contributed by atoms with Crippen molar-refractivity contribution < 1.29 is 13.2 Å². The first-order valence-corrected chi connectivity index (χ1v) is 4.54. The van der Waals surface area contributed by atoms with Gasteiger partial charge in [-0.15, -0.1) is 0 Å². The van der Waals surface area contributed by atoms with Crippen LogP contribution < -0.4 is 11.3 Å². The average Bonchev–Trinajstić information content (AvgIpc) is 1.91. The quantitative estimate of drug-likeness (QED) is 0.533. The summed E-state index contributed by atoms with van der Waals surface area (Å²) in [5, 5.41) is 0. The fraction of sp³-hybridized carbons (Fsp3) is 1.00. The van der Waals surface area contributed by atoms with Crippen molar-refractivity contribution in [2.45, 2.75) is 44.3 Å². The van der Waals surface area contributed by atoms with Gasteiger partial charge in [0.15, 0.2) is 0 Å². The van der Waals surface area contributed by atoms with Gasteiger partial charge in [-0.3, -0.25) is 11.3 Å². The molecule has 1 saturated carbocycles. The highest BCUT2D eigenvalue weighted by molar-refractivity contribution is 4.77. The predicted octanol–water partition coefficient (Wildman–Crippen LogP) is 1.96. The number of alkyl halides is 3. The van der Waals surface area contributed by atoms with Gasteiger partial charge in [-0.2, -0.15) is 13.2 Å². The van der Waals surface area contributed by atoms with Crippen LogP contribution in [0.3, 0.4) is 0 Å². The summed E-state index contributed by atoms with van der Waals surface area (Å²) in [5.41, 5.74) is 2.24. The van der Waals surface area contributed by atoms with Crippen molar-refractivity contribution in [3.8, 4) is 0 Å². The number of nitrogens with one attached hydrogen (secondary N) is 1. The van der Waals surface area contributed by atoms with E-state index in [1.165, 1.54) is 0 Å². The van der Waals surface area contributed by atoms with Crippen LogP contribution in [0.5, 0.6) is 0 Å². The van der Waals surface area contributed by atoms with E-state index in [1.54, 1.807) is 0 Å². The van der Waals surface area contributed by atoms with Crippen LogP contribution >= 0.6 is 0 Å². The van der Waals surface area contributed by atoms with Gasteiger partial charge in [0, 0.05) is 6.04 Å². The van der Waals surface area contributed by atoms with Crippen molar-refractivity contribution in [2.75, 3.05) is 0 Å². The topological polar surface area (TPSA) is 38.0 Å². The first kappa shape index (κ1) is 10.8. The van der Waals surface area contributed by atoms with E-state index in [0.29, 0.717) is 12.3 Å². The lowest BCUT2D eigenvalue weighted by molar-refractivity contribution is -0.141. The molecule has 0 radical (unpaired) electrons. The zero-order chi connectivity index (χ0) is 9.90. The zero-order valence-corrected chi connectivity index (χ0v) is 7.40. The van der Waals surface area contributed by atoms with Crippen molar-refractivity contribution >= 4 is 0 Å². The van der Waals surface area contributed by atoms with Crippen molar-refractivity contribution in [3.05, 3.63) is 0 Å². The predicted molar refractivity (Wildman–Crippen MR) is 43.7 cm³/mol. The summed E-state index contributed by atoms with van der Waals surface area (Å²) in [6, 6.07) is -0.606. The molecule has 0 aliphatic heterocycles. The molecule has 1 aliphatic carbocycles. The molecule has 0 aromatic rings. The summed E-state index contributed by atoms with van der Waals surface area (Å²) in [6.07, 6.45) is -1.13. The van der Waals surface area contributed by atoms with E-state index in [2.05, 4.69) is 5.43 Å². The second-order valence-electron chi connectivity index (χ2n) is 3.72. The Morgan fingerprint density at radius 1 is 1.38 bits per heavy atom. The van der Waals surface area contributed by atoms with E-state index >= 15 is 0 Å². The van der Waals surface area contributed by atoms with Gasteiger partial charge in [0.05, 0.1) is 6.42 Å². The summed E-state index contributed by atoms with van der Waals surface area (Å²) in [6.45, 7) is 0. The van der Waals surface area contributed by atoms with Gasteiger partial charge in [0.2, 0.25) is 0 Å². The van der Waals surface area contributed by atoms with E-state index in [-0.39, 0.29) is 0 Å². The summed E-state index contributed by atoms with van der Waals surface area (Å²) >= 11 is 0. The van der Waals surface area contributed by atoms with Crippen LogP contribution in [0.2, 0.25) is 0 Å². The Hall–Kier alpha value is -0.290. The van der Waals surface area contributed by atoms with E-state index < -0.39 is 18.6 Å². The molecule has 1 rings (SSSR count). The first-order valence-electron chi connectivity index (χ1n) is 4.54. The molecule has 0 amide bonds. The highest BCUT2D eigenvalue weighted by atomic mass is 19.4. The molecular formula is C8H15F3N2. The third kappa shape index (κ3) is 3.95. The SMILES string of the molecule is NNC(CC1CCC1)CC(F)(F)F. The summed E-state index contributed by atoms with van der Waals surface area (Å²) in [4.78, 5) is 0. The molecule has 78 valence electrons. The fourth-order valence-electron chi connectivity index (χ4n) is 1.62. The number of nitrogens with two attached hydrogens (primary N) is 1. The molecule has 0 bridgehead atoms. The maximum Gasteiger partial charge on any atom is 0.390 e. The lowest BCUT2D eigenvalue weighted by atomic mass is 9.80. The van der Waals surface area contributed by atoms with Crippen LogP contribution in [0.1, 0.15) is 32.1 Å². The Kier molecular flexibility index (Phi) is 3.55. The van der Waals surface area contributed by atoms with Crippen LogP contribution in [0.25, 0.3) is 0 Å². The highest BCUT2D eigenvalue weighted by Crippen LogP contribution is 2.33. The molecule has 5 heteroatoms. The Bertz CT molecular complexity index is 154. The normalized spacial score (nSPS) is 21.2.